The number of fused-ring (bicyclic) bond motifs is 2. The average Bonchev–Trinajstić information content (AvgIpc) is 3.15. The van der Waals surface area contributed by atoms with Gasteiger partial charge in [0.15, 0.2) is 5.13 Å². The number of amides is 1. The normalized spacial score (nSPS) is 11.2. The minimum atomic E-state index is -0.168. The Balaban J connectivity index is 1.67. The summed E-state index contributed by atoms with van der Waals surface area (Å²) in [5.41, 5.74) is 4.69. The molecule has 2 aromatic heterocycles. The SMILES string of the molecule is COc1cccc2sc(NC(=O)c3ccc4[nH]c(C)c(C)c4c3)nc12. The highest BCUT2D eigenvalue weighted by Gasteiger charge is 2.14. The number of nitrogens with zero attached hydrogens (tertiary/aromatic N) is 1. The number of hydrogen-bond acceptors (Lipinski definition) is 4. The Labute approximate surface area is 148 Å². The van der Waals surface area contributed by atoms with Gasteiger partial charge in [0.25, 0.3) is 5.91 Å². The summed E-state index contributed by atoms with van der Waals surface area (Å²) in [7, 11) is 1.61. The van der Waals surface area contributed by atoms with E-state index in [9.17, 15) is 4.79 Å². The van der Waals surface area contributed by atoms with Crippen LogP contribution in [0.4, 0.5) is 5.13 Å². The highest BCUT2D eigenvalue weighted by molar-refractivity contribution is 7.22. The molecule has 0 radical (unpaired) electrons. The van der Waals surface area contributed by atoms with Crippen LogP contribution in [0.25, 0.3) is 21.1 Å². The Morgan fingerprint density at radius 2 is 2.08 bits per heavy atom. The van der Waals surface area contributed by atoms with Gasteiger partial charge in [-0.3, -0.25) is 10.1 Å². The highest BCUT2D eigenvalue weighted by atomic mass is 32.1. The van der Waals surface area contributed by atoms with E-state index >= 15 is 0 Å². The molecule has 2 N–H and O–H groups in total. The lowest BCUT2D eigenvalue weighted by atomic mass is 10.1. The minimum absolute atomic E-state index is 0.168. The van der Waals surface area contributed by atoms with Crippen LogP contribution in [0.3, 0.4) is 0 Å². The number of aryl methyl sites for hydroxylation is 2. The molecule has 6 heteroatoms. The van der Waals surface area contributed by atoms with Crippen molar-refractivity contribution in [2.45, 2.75) is 13.8 Å². The van der Waals surface area contributed by atoms with Crippen molar-refractivity contribution in [3.63, 3.8) is 0 Å². The number of thiazole rings is 1. The van der Waals surface area contributed by atoms with Crippen molar-refractivity contribution in [2.24, 2.45) is 0 Å². The Bertz CT molecular complexity index is 1110. The van der Waals surface area contributed by atoms with Gasteiger partial charge >= 0.3 is 0 Å². The Morgan fingerprint density at radius 3 is 2.88 bits per heavy atom. The van der Waals surface area contributed by atoms with Gasteiger partial charge in [-0.15, -0.1) is 0 Å². The van der Waals surface area contributed by atoms with Crippen molar-refractivity contribution < 1.29 is 9.53 Å². The van der Waals surface area contributed by atoms with Crippen LogP contribution in [0.2, 0.25) is 0 Å². The standard InChI is InChI=1S/C19H17N3O2S/c1-10-11(2)20-14-8-7-12(9-13(10)14)18(23)22-19-21-17-15(24-3)5-4-6-16(17)25-19/h4-9,20H,1-3H3,(H,21,22,23). The predicted molar refractivity (Wildman–Crippen MR) is 102 cm³/mol. The number of nitrogens with one attached hydrogen (secondary N) is 2. The van der Waals surface area contributed by atoms with Gasteiger partial charge in [0, 0.05) is 22.2 Å². The van der Waals surface area contributed by atoms with Gasteiger partial charge < -0.3 is 9.72 Å². The van der Waals surface area contributed by atoms with Gasteiger partial charge in [0.2, 0.25) is 0 Å². The Hall–Kier alpha value is -2.86. The number of benzene rings is 2. The monoisotopic (exact) mass is 351 g/mol. The van der Waals surface area contributed by atoms with Crippen LogP contribution in [-0.2, 0) is 0 Å². The number of para-hydroxylation sites is 1. The van der Waals surface area contributed by atoms with E-state index < -0.39 is 0 Å². The number of ether oxygens (including phenoxy) is 1. The number of carbonyl (C=O) groups is 1. The van der Waals surface area contributed by atoms with Crippen molar-refractivity contribution in [3.05, 3.63) is 53.2 Å². The smallest absolute Gasteiger partial charge is 0.257 e. The fourth-order valence-electron chi connectivity index (χ4n) is 2.91. The zero-order chi connectivity index (χ0) is 17.6. The maximum absolute atomic E-state index is 12.6. The maximum Gasteiger partial charge on any atom is 0.257 e. The van der Waals surface area contributed by atoms with Gasteiger partial charge in [0.1, 0.15) is 11.3 Å². The van der Waals surface area contributed by atoms with E-state index in [4.69, 9.17) is 4.74 Å². The minimum Gasteiger partial charge on any atom is -0.494 e. The first-order chi connectivity index (χ1) is 12.1. The van der Waals surface area contributed by atoms with E-state index in [1.807, 2.05) is 43.3 Å². The van der Waals surface area contributed by atoms with E-state index in [2.05, 4.69) is 22.2 Å². The lowest BCUT2D eigenvalue weighted by molar-refractivity contribution is 0.102. The molecule has 0 unspecified atom stereocenters. The first-order valence-corrected chi connectivity index (χ1v) is 8.72. The topological polar surface area (TPSA) is 67.0 Å². The van der Waals surface area contributed by atoms with Crippen LogP contribution < -0.4 is 10.1 Å². The molecule has 0 aliphatic heterocycles. The second-order valence-electron chi connectivity index (χ2n) is 5.92. The summed E-state index contributed by atoms with van der Waals surface area (Å²) < 4.78 is 6.30. The third-order valence-corrected chi connectivity index (χ3v) is 5.33. The molecule has 1 amide bonds. The van der Waals surface area contributed by atoms with E-state index in [0.717, 1.165) is 32.4 Å². The van der Waals surface area contributed by atoms with Crippen LogP contribution in [0.5, 0.6) is 5.75 Å². The van der Waals surface area contributed by atoms with Crippen LogP contribution in [0.1, 0.15) is 21.6 Å². The van der Waals surface area contributed by atoms with Gasteiger partial charge in [-0.25, -0.2) is 4.98 Å². The highest BCUT2D eigenvalue weighted by Crippen LogP contribution is 2.32. The van der Waals surface area contributed by atoms with Gasteiger partial charge in [-0.2, -0.15) is 0 Å². The molecule has 126 valence electrons. The summed E-state index contributed by atoms with van der Waals surface area (Å²) in [5.74, 6) is 0.535. The van der Waals surface area contributed by atoms with E-state index in [1.165, 1.54) is 11.3 Å². The number of methoxy groups -OCH3 is 1. The van der Waals surface area contributed by atoms with Crippen molar-refractivity contribution in [1.82, 2.24) is 9.97 Å². The fourth-order valence-corrected chi connectivity index (χ4v) is 3.79. The van der Waals surface area contributed by atoms with Crippen molar-refractivity contribution >= 4 is 43.5 Å². The molecular formula is C19H17N3O2S. The van der Waals surface area contributed by atoms with E-state index in [-0.39, 0.29) is 5.91 Å². The van der Waals surface area contributed by atoms with Crippen molar-refractivity contribution in [1.29, 1.82) is 0 Å². The molecule has 0 spiro atoms. The number of hydrogen-bond donors (Lipinski definition) is 2. The van der Waals surface area contributed by atoms with Gasteiger partial charge in [-0.1, -0.05) is 17.4 Å². The Morgan fingerprint density at radius 1 is 1.24 bits per heavy atom. The second kappa shape index (κ2) is 5.89. The summed E-state index contributed by atoms with van der Waals surface area (Å²) in [6, 6.07) is 11.4. The number of aromatic nitrogens is 2. The van der Waals surface area contributed by atoms with Crippen LogP contribution in [0.15, 0.2) is 36.4 Å². The van der Waals surface area contributed by atoms with E-state index in [0.29, 0.717) is 16.4 Å². The number of H-pyrrole nitrogens is 1. The third kappa shape index (κ3) is 2.64. The van der Waals surface area contributed by atoms with Crippen LogP contribution >= 0.6 is 11.3 Å². The molecule has 4 aromatic rings. The number of carbonyl (C=O) groups excluding carboxylic acids is 1. The third-order valence-electron chi connectivity index (χ3n) is 4.39. The molecule has 0 saturated carbocycles. The molecule has 2 heterocycles. The van der Waals surface area contributed by atoms with Gasteiger partial charge in [0.05, 0.1) is 11.8 Å². The van der Waals surface area contributed by atoms with Crippen LogP contribution in [-0.4, -0.2) is 23.0 Å². The Kier molecular flexibility index (Phi) is 3.69. The molecule has 5 nitrogen and oxygen atoms in total. The molecule has 0 saturated heterocycles. The molecule has 2 aromatic carbocycles. The quantitative estimate of drug-likeness (QED) is 0.564. The zero-order valence-corrected chi connectivity index (χ0v) is 15.0. The van der Waals surface area contributed by atoms with E-state index in [1.54, 1.807) is 7.11 Å². The summed E-state index contributed by atoms with van der Waals surface area (Å²) in [4.78, 5) is 20.4. The summed E-state index contributed by atoms with van der Waals surface area (Å²) in [6.45, 7) is 4.08. The first-order valence-electron chi connectivity index (χ1n) is 7.90. The average molecular weight is 351 g/mol. The molecule has 0 fully saturated rings. The molecule has 0 aliphatic carbocycles. The summed E-state index contributed by atoms with van der Waals surface area (Å²) in [6.07, 6.45) is 0. The zero-order valence-electron chi connectivity index (χ0n) is 14.1. The molecule has 0 atom stereocenters. The predicted octanol–water partition coefficient (Wildman–Crippen LogP) is 4.66. The van der Waals surface area contributed by atoms with Crippen molar-refractivity contribution in [3.8, 4) is 5.75 Å². The summed E-state index contributed by atoms with van der Waals surface area (Å²) in [5, 5.41) is 4.52. The van der Waals surface area contributed by atoms with Gasteiger partial charge in [-0.05, 0) is 49.7 Å². The first kappa shape index (κ1) is 15.7. The van der Waals surface area contributed by atoms with Crippen molar-refractivity contribution in [2.75, 3.05) is 12.4 Å². The largest absolute Gasteiger partial charge is 0.494 e. The molecule has 25 heavy (non-hydrogen) atoms. The molecule has 0 aliphatic rings. The number of anilines is 1. The van der Waals surface area contributed by atoms with Crippen LogP contribution in [0, 0.1) is 13.8 Å². The molecular weight excluding hydrogens is 334 g/mol. The molecule has 4 rings (SSSR count). The number of aromatic amines is 1. The molecule has 0 bridgehead atoms. The lowest BCUT2D eigenvalue weighted by Gasteiger charge is -2.02. The number of rotatable bonds is 3. The lowest BCUT2D eigenvalue weighted by Crippen LogP contribution is -2.11. The maximum atomic E-state index is 12.6. The fraction of sp³-hybridized carbons (Fsp3) is 0.158. The second-order valence-corrected chi connectivity index (χ2v) is 6.95. The summed E-state index contributed by atoms with van der Waals surface area (Å²) >= 11 is 1.43.